The first kappa shape index (κ1) is 18.2. The molecule has 1 aromatic heterocycles. The Morgan fingerprint density at radius 3 is 2.31 bits per heavy atom. The Kier molecular flexibility index (Phi) is 5.44. The summed E-state index contributed by atoms with van der Waals surface area (Å²) in [5, 5.41) is 19.4. The van der Waals surface area contributed by atoms with Gasteiger partial charge >= 0.3 is 0 Å². The molecule has 0 spiro atoms. The van der Waals surface area contributed by atoms with Gasteiger partial charge in [-0.1, -0.05) is 41.9 Å². The van der Waals surface area contributed by atoms with E-state index in [1.54, 1.807) is 6.07 Å². The van der Waals surface area contributed by atoms with Gasteiger partial charge in [0.1, 0.15) is 5.76 Å². The number of aliphatic hydroxyl groups excluding tert-OH is 1. The lowest BCUT2D eigenvalue weighted by atomic mass is 10.2. The summed E-state index contributed by atoms with van der Waals surface area (Å²) >= 11 is 7.42. The zero-order valence-electron chi connectivity index (χ0n) is 14.2. The third kappa shape index (κ3) is 3.66. The molecule has 132 valence electrons. The number of benzene rings is 2. The molecule has 0 atom stereocenters. The van der Waals surface area contributed by atoms with Crippen LogP contribution in [-0.2, 0) is 4.79 Å². The number of carbonyl (C=O) groups is 1. The van der Waals surface area contributed by atoms with Crippen LogP contribution in [0.1, 0.15) is 13.8 Å². The molecule has 0 amide bonds. The Hall–Kier alpha value is -2.57. The van der Waals surface area contributed by atoms with E-state index < -0.39 is 0 Å². The molecule has 5 nitrogen and oxygen atoms in total. The molecule has 7 heteroatoms. The van der Waals surface area contributed by atoms with Crippen LogP contribution in [0.5, 0.6) is 0 Å². The molecule has 0 radical (unpaired) electrons. The number of aliphatic hydroxyl groups is 1. The third-order valence-corrected chi connectivity index (χ3v) is 5.17. The lowest BCUT2D eigenvalue weighted by molar-refractivity contribution is -0.113. The van der Waals surface area contributed by atoms with Crippen molar-refractivity contribution in [1.29, 1.82) is 0 Å². The van der Waals surface area contributed by atoms with Crippen LogP contribution in [0.2, 0.25) is 5.02 Å². The molecule has 0 bridgehead atoms. The quantitative estimate of drug-likeness (QED) is 0.377. The maximum atomic E-state index is 11.9. The highest BCUT2D eigenvalue weighted by Gasteiger charge is 2.21. The van der Waals surface area contributed by atoms with Gasteiger partial charge in [0, 0.05) is 11.3 Å². The fourth-order valence-corrected chi connectivity index (χ4v) is 3.51. The smallest absolute Gasteiger partial charge is 0.201 e. The van der Waals surface area contributed by atoms with Gasteiger partial charge in [0.2, 0.25) is 5.16 Å². The molecule has 0 aliphatic carbocycles. The molecule has 26 heavy (non-hydrogen) atoms. The lowest BCUT2D eigenvalue weighted by Crippen LogP contribution is -2.02. The Bertz CT molecular complexity index is 979. The average Bonchev–Trinajstić information content (AvgIpc) is 3.03. The predicted molar refractivity (Wildman–Crippen MR) is 104 cm³/mol. The van der Waals surface area contributed by atoms with E-state index in [0.29, 0.717) is 16.0 Å². The Morgan fingerprint density at radius 2 is 1.69 bits per heavy atom. The van der Waals surface area contributed by atoms with Crippen molar-refractivity contribution < 1.29 is 9.90 Å². The summed E-state index contributed by atoms with van der Waals surface area (Å²) in [6.45, 7) is 2.88. The van der Waals surface area contributed by atoms with Gasteiger partial charge in [0.25, 0.3) is 0 Å². The van der Waals surface area contributed by atoms with Crippen molar-refractivity contribution >= 4 is 29.1 Å². The maximum Gasteiger partial charge on any atom is 0.201 e. The number of nitrogens with zero attached hydrogens (tertiary/aromatic N) is 3. The summed E-state index contributed by atoms with van der Waals surface area (Å²) in [5.41, 5.74) is 1.56. The predicted octanol–water partition coefficient (Wildman–Crippen LogP) is 5.06. The highest BCUT2D eigenvalue weighted by atomic mass is 35.5. The highest BCUT2D eigenvalue weighted by Crippen LogP contribution is 2.35. The largest absolute Gasteiger partial charge is 0.511 e. The number of hydrogen-bond acceptors (Lipinski definition) is 5. The van der Waals surface area contributed by atoms with Crippen LogP contribution in [0.15, 0.2) is 70.4 Å². The zero-order chi connectivity index (χ0) is 18.7. The molecule has 0 saturated carbocycles. The standard InChI is InChI=1S/C19H16ClN3O2S/c1-12(24)17(13(2)25)26-19-22-21-18(15-10-6-7-11-16(15)20)23(19)14-8-4-3-5-9-14/h3-11,24H,1-2H3/b17-12+. The van der Waals surface area contributed by atoms with Crippen LogP contribution >= 0.6 is 23.4 Å². The first-order valence-corrected chi connectivity index (χ1v) is 9.03. The van der Waals surface area contributed by atoms with Crippen molar-refractivity contribution in [2.45, 2.75) is 19.0 Å². The molecule has 0 aliphatic rings. The normalized spacial score (nSPS) is 12.0. The molecule has 0 saturated heterocycles. The van der Waals surface area contributed by atoms with Gasteiger partial charge in [0.05, 0.1) is 9.93 Å². The molecular weight excluding hydrogens is 370 g/mol. The number of thioether (sulfide) groups is 1. The Balaban J connectivity index is 2.20. The number of para-hydroxylation sites is 1. The second-order valence-corrected chi connectivity index (χ2v) is 6.91. The zero-order valence-corrected chi connectivity index (χ0v) is 15.8. The monoisotopic (exact) mass is 385 g/mol. The topological polar surface area (TPSA) is 68.0 Å². The highest BCUT2D eigenvalue weighted by molar-refractivity contribution is 8.03. The average molecular weight is 386 g/mol. The van der Waals surface area contributed by atoms with Crippen LogP contribution in [0.25, 0.3) is 17.1 Å². The van der Waals surface area contributed by atoms with Crippen molar-refractivity contribution in [3.05, 3.63) is 70.3 Å². The first-order valence-electron chi connectivity index (χ1n) is 7.83. The molecule has 3 rings (SSSR count). The van der Waals surface area contributed by atoms with E-state index in [1.807, 2.05) is 53.1 Å². The summed E-state index contributed by atoms with van der Waals surface area (Å²) in [4.78, 5) is 12.1. The van der Waals surface area contributed by atoms with Gasteiger partial charge in [0.15, 0.2) is 11.6 Å². The van der Waals surface area contributed by atoms with Gasteiger partial charge < -0.3 is 5.11 Å². The van der Waals surface area contributed by atoms with Crippen molar-refractivity contribution in [3.8, 4) is 17.1 Å². The number of Topliss-reactive ketones (excluding diaryl/α,β-unsaturated/α-hetero) is 1. The van der Waals surface area contributed by atoms with Crippen LogP contribution in [0, 0.1) is 0 Å². The molecule has 2 aromatic carbocycles. The van der Waals surface area contributed by atoms with E-state index >= 15 is 0 Å². The van der Waals surface area contributed by atoms with Gasteiger partial charge in [-0.25, -0.2) is 0 Å². The van der Waals surface area contributed by atoms with Crippen molar-refractivity contribution in [2.75, 3.05) is 0 Å². The van der Waals surface area contributed by atoms with Crippen LogP contribution < -0.4 is 0 Å². The number of halogens is 1. The Labute approximate surface area is 160 Å². The number of rotatable bonds is 5. The van der Waals surface area contributed by atoms with E-state index in [0.717, 1.165) is 23.0 Å². The lowest BCUT2D eigenvalue weighted by Gasteiger charge is -2.11. The maximum absolute atomic E-state index is 11.9. The summed E-state index contributed by atoms with van der Waals surface area (Å²) < 4.78 is 1.82. The minimum Gasteiger partial charge on any atom is -0.511 e. The van der Waals surface area contributed by atoms with Crippen LogP contribution in [0.3, 0.4) is 0 Å². The number of aromatic nitrogens is 3. The van der Waals surface area contributed by atoms with Gasteiger partial charge in [-0.2, -0.15) is 0 Å². The van der Waals surface area contributed by atoms with E-state index in [9.17, 15) is 9.90 Å². The van der Waals surface area contributed by atoms with Crippen LogP contribution in [0.4, 0.5) is 0 Å². The molecule has 1 heterocycles. The summed E-state index contributed by atoms with van der Waals surface area (Å²) in [7, 11) is 0. The van der Waals surface area contributed by atoms with Gasteiger partial charge in [-0.15, -0.1) is 10.2 Å². The second kappa shape index (κ2) is 7.76. The van der Waals surface area contributed by atoms with E-state index in [1.165, 1.54) is 13.8 Å². The number of hydrogen-bond donors (Lipinski definition) is 1. The minimum absolute atomic E-state index is 0.0515. The first-order chi connectivity index (χ1) is 12.5. The number of ketones is 1. The summed E-state index contributed by atoms with van der Waals surface area (Å²) in [5.74, 6) is 0.268. The van der Waals surface area contributed by atoms with E-state index in [-0.39, 0.29) is 16.4 Å². The SMILES string of the molecule is CC(=O)/C(Sc1nnc(-c2ccccc2Cl)n1-c1ccccc1)=C(/C)O. The fourth-order valence-electron chi connectivity index (χ4n) is 2.45. The molecule has 0 unspecified atom stereocenters. The number of carbonyl (C=O) groups excluding carboxylic acids is 1. The molecule has 1 N–H and O–H groups in total. The fraction of sp³-hybridized carbons (Fsp3) is 0.105. The van der Waals surface area contributed by atoms with Crippen molar-refractivity contribution in [1.82, 2.24) is 14.8 Å². The molecule has 0 fully saturated rings. The Morgan fingerprint density at radius 1 is 1.04 bits per heavy atom. The van der Waals surface area contributed by atoms with Gasteiger partial charge in [-0.05, 0) is 49.9 Å². The molecular formula is C19H16ClN3O2S. The van der Waals surface area contributed by atoms with E-state index in [2.05, 4.69) is 10.2 Å². The van der Waals surface area contributed by atoms with E-state index in [4.69, 9.17) is 11.6 Å². The summed E-state index contributed by atoms with van der Waals surface area (Å²) in [6.07, 6.45) is 0. The van der Waals surface area contributed by atoms with Gasteiger partial charge in [-0.3, -0.25) is 9.36 Å². The summed E-state index contributed by atoms with van der Waals surface area (Å²) in [6, 6.07) is 16.9. The van der Waals surface area contributed by atoms with Crippen LogP contribution in [-0.4, -0.2) is 25.7 Å². The third-order valence-electron chi connectivity index (χ3n) is 3.60. The molecule has 0 aliphatic heterocycles. The minimum atomic E-state index is -0.239. The van der Waals surface area contributed by atoms with Crippen molar-refractivity contribution in [2.24, 2.45) is 0 Å². The van der Waals surface area contributed by atoms with Crippen molar-refractivity contribution in [3.63, 3.8) is 0 Å². The molecule has 3 aromatic rings. The second-order valence-electron chi connectivity index (χ2n) is 5.53. The number of allylic oxidation sites excluding steroid dienone is 2.